The third-order valence-corrected chi connectivity index (χ3v) is 4.02. The van der Waals surface area contributed by atoms with Crippen LogP contribution in [-0.2, 0) is 23.8 Å². The van der Waals surface area contributed by atoms with Crippen LogP contribution >= 0.6 is 11.8 Å². The SMILES string of the molecule is C=C(C)C(=O)OCCC(=O)OC1COC(C)C(C)S1. The summed E-state index contributed by atoms with van der Waals surface area (Å²) in [6.45, 7) is 9.44. The molecule has 0 bridgehead atoms. The van der Waals surface area contributed by atoms with Gasteiger partial charge in [0, 0.05) is 10.8 Å². The van der Waals surface area contributed by atoms with Gasteiger partial charge >= 0.3 is 11.9 Å². The minimum absolute atomic E-state index is 0.00866. The minimum atomic E-state index is -0.495. The van der Waals surface area contributed by atoms with Crippen molar-refractivity contribution in [2.24, 2.45) is 0 Å². The van der Waals surface area contributed by atoms with Crippen molar-refractivity contribution in [2.75, 3.05) is 13.2 Å². The molecule has 108 valence electrons. The lowest BCUT2D eigenvalue weighted by molar-refractivity contribution is -0.151. The lowest BCUT2D eigenvalue weighted by Crippen LogP contribution is -2.35. The third-order valence-electron chi connectivity index (χ3n) is 2.67. The smallest absolute Gasteiger partial charge is 0.333 e. The van der Waals surface area contributed by atoms with Gasteiger partial charge in [0.25, 0.3) is 0 Å². The first-order valence-electron chi connectivity index (χ1n) is 6.19. The standard InChI is InChI=1S/C13H20O5S/c1-8(2)13(15)16-6-5-11(14)18-12-7-17-9(3)10(4)19-12/h9-10,12H,1,5-7H2,2-4H3. The fourth-order valence-corrected chi connectivity index (χ4v) is 2.47. The number of hydrogen-bond donors (Lipinski definition) is 0. The van der Waals surface area contributed by atoms with Crippen LogP contribution in [0.3, 0.4) is 0 Å². The van der Waals surface area contributed by atoms with E-state index in [2.05, 4.69) is 6.58 Å². The Labute approximate surface area is 117 Å². The molecular formula is C13H20O5S. The van der Waals surface area contributed by atoms with E-state index < -0.39 is 11.9 Å². The van der Waals surface area contributed by atoms with Crippen molar-refractivity contribution in [1.29, 1.82) is 0 Å². The Hall–Kier alpha value is -1.01. The molecule has 6 heteroatoms. The molecule has 1 aliphatic heterocycles. The number of ether oxygens (including phenoxy) is 3. The molecule has 3 unspecified atom stereocenters. The molecule has 19 heavy (non-hydrogen) atoms. The van der Waals surface area contributed by atoms with Gasteiger partial charge in [-0.15, -0.1) is 11.8 Å². The summed E-state index contributed by atoms with van der Waals surface area (Å²) in [7, 11) is 0. The molecule has 0 aromatic rings. The van der Waals surface area contributed by atoms with Gasteiger partial charge in [0.15, 0.2) is 5.44 Å². The van der Waals surface area contributed by atoms with Gasteiger partial charge in [-0.2, -0.15) is 0 Å². The number of carbonyl (C=O) groups excluding carboxylic acids is 2. The van der Waals surface area contributed by atoms with Crippen LogP contribution in [-0.4, -0.2) is 41.9 Å². The molecule has 0 radical (unpaired) electrons. The molecule has 0 N–H and O–H groups in total. The maximum atomic E-state index is 11.5. The fourth-order valence-electron chi connectivity index (χ4n) is 1.37. The van der Waals surface area contributed by atoms with Gasteiger partial charge in [-0.25, -0.2) is 4.79 Å². The molecular weight excluding hydrogens is 268 g/mol. The highest BCUT2D eigenvalue weighted by Crippen LogP contribution is 2.28. The Bertz CT molecular complexity index is 355. The maximum absolute atomic E-state index is 11.5. The van der Waals surface area contributed by atoms with Crippen molar-refractivity contribution >= 4 is 23.7 Å². The average Bonchev–Trinajstić information content (AvgIpc) is 2.33. The first-order valence-corrected chi connectivity index (χ1v) is 7.13. The molecule has 1 fully saturated rings. The highest BCUT2D eigenvalue weighted by molar-refractivity contribution is 8.00. The number of thioether (sulfide) groups is 1. The van der Waals surface area contributed by atoms with Crippen molar-refractivity contribution in [3.05, 3.63) is 12.2 Å². The summed E-state index contributed by atoms with van der Waals surface area (Å²) in [5.41, 5.74) is 0.0305. The van der Waals surface area contributed by atoms with E-state index in [4.69, 9.17) is 14.2 Å². The highest BCUT2D eigenvalue weighted by atomic mass is 32.2. The average molecular weight is 288 g/mol. The van der Waals surface area contributed by atoms with Crippen LogP contribution in [0.25, 0.3) is 0 Å². The maximum Gasteiger partial charge on any atom is 0.333 e. The minimum Gasteiger partial charge on any atom is -0.462 e. The molecule has 0 spiro atoms. The molecule has 5 nitrogen and oxygen atoms in total. The van der Waals surface area contributed by atoms with Crippen LogP contribution in [0.2, 0.25) is 0 Å². The van der Waals surface area contributed by atoms with E-state index in [9.17, 15) is 9.59 Å². The van der Waals surface area contributed by atoms with Gasteiger partial charge in [-0.05, 0) is 13.8 Å². The molecule has 1 rings (SSSR count). The normalized spacial score (nSPS) is 26.6. The predicted octanol–water partition coefficient (Wildman–Crippen LogP) is 1.91. The van der Waals surface area contributed by atoms with Gasteiger partial charge < -0.3 is 14.2 Å². The zero-order chi connectivity index (χ0) is 14.4. The lowest BCUT2D eigenvalue weighted by Gasteiger charge is -2.31. The second-order valence-corrected chi connectivity index (χ2v) is 6.01. The Morgan fingerprint density at radius 2 is 2.11 bits per heavy atom. The first kappa shape index (κ1) is 16.0. The molecule has 1 heterocycles. The van der Waals surface area contributed by atoms with Gasteiger partial charge in [-0.1, -0.05) is 13.5 Å². The zero-order valence-electron chi connectivity index (χ0n) is 11.5. The van der Waals surface area contributed by atoms with Crippen molar-refractivity contribution < 1.29 is 23.8 Å². The van der Waals surface area contributed by atoms with E-state index in [1.54, 1.807) is 18.7 Å². The Balaban J connectivity index is 2.21. The Kier molecular flexibility index (Phi) is 6.37. The second-order valence-electron chi connectivity index (χ2n) is 4.47. The van der Waals surface area contributed by atoms with Gasteiger partial charge in [0.05, 0.1) is 19.1 Å². The van der Waals surface area contributed by atoms with Crippen LogP contribution in [0, 0.1) is 0 Å². The van der Waals surface area contributed by atoms with Crippen molar-refractivity contribution in [1.82, 2.24) is 0 Å². The van der Waals surface area contributed by atoms with Gasteiger partial charge in [0.2, 0.25) is 0 Å². The molecule has 0 amide bonds. The van der Waals surface area contributed by atoms with Crippen molar-refractivity contribution in [3.8, 4) is 0 Å². The van der Waals surface area contributed by atoms with E-state index in [1.807, 2.05) is 13.8 Å². The van der Waals surface area contributed by atoms with E-state index in [-0.39, 0.29) is 29.8 Å². The van der Waals surface area contributed by atoms with Crippen LogP contribution in [0.15, 0.2) is 12.2 Å². The summed E-state index contributed by atoms with van der Waals surface area (Å²) in [6, 6.07) is 0. The largest absolute Gasteiger partial charge is 0.462 e. The number of esters is 2. The van der Waals surface area contributed by atoms with E-state index in [0.29, 0.717) is 12.2 Å². The topological polar surface area (TPSA) is 61.8 Å². The highest BCUT2D eigenvalue weighted by Gasteiger charge is 2.28. The lowest BCUT2D eigenvalue weighted by atomic mass is 10.3. The van der Waals surface area contributed by atoms with E-state index in [1.165, 1.54) is 0 Å². The molecule has 3 atom stereocenters. The Morgan fingerprint density at radius 3 is 2.68 bits per heavy atom. The monoisotopic (exact) mass is 288 g/mol. The molecule has 0 aliphatic carbocycles. The molecule has 0 aromatic carbocycles. The van der Waals surface area contributed by atoms with E-state index >= 15 is 0 Å². The van der Waals surface area contributed by atoms with Crippen LogP contribution < -0.4 is 0 Å². The molecule has 0 saturated carbocycles. The quantitative estimate of drug-likeness (QED) is 0.569. The summed E-state index contributed by atoms with van der Waals surface area (Å²) < 4.78 is 15.5. The fraction of sp³-hybridized carbons (Fsp3) is 0.692. The summed E-state index contributed by atoms with van der Waals surface area (Å²) in [4.78, 5) is 22.6. The second kappa shape index (κ2) is 7.55. The molecule has 1 saturated heterocycles. The third kappa shape index (κ3) is 5.65. The van der Waals surface area contributed by atoms with Gasteiger partial charge in [0.1, 0.15) is 6.61 Å². The predicted molar refractivity (Wildman–Crippen MR) is 72.7 cm³/mol. The number of carbonyl (C=O) groups is 2. The summed E-state index contributed by atoms with van der Waals surface area (Å²) >= 11 is 1.58. The summed E-state index contributed by atoms with van der Waals surface area (Å²) in [6.07, 6.45) is 0.205. The zero-order valence-corrected chi connectivity index (χ0v) is 12.3. The van der Waals surface area contributed by atoms with Crippen molar-refractivity contribution in [3.63, 3.8) is 0 Å². The summed E-state index contributed by atoms with van der Waals surface area (Å²) in [5, 5.41) is 0.285. The van der Waals surface area contributed by atoms with Crippen LogP contribution in [0.4, 0.5) is 0 Å². The summed E-state index contributed by atoms with van der Waals surface area (Å²) in [5.74, 6) is -0.886. The Morgan fingerprint density at radius 1 is 1.42 bits per heavy atom. The van der Waals surface area contributed by atoms with E-state index in [0.717, 1.165) is 0 Å². The number of rotatable bonds is 5. The molecule has 0 aromatic heterocycles. The molecule has 1 aliphatic rings. The van der Waals surface area contributed by atoms with Crippen LogP contribution in [0.5, 0.6) is 0 Å². The number of hydrogen-bond acceptors (Lipinski definition) is 6. The van der Waals surface area contributed by atoms with Crippen LogP contribution in [0.1, 0.15) is 27.2 Å². The van der Waals surface area contributed by atoms with Gasteiger partial charge in [-0.3, -0.25) is 4.79 Å². The first-order chi connectivity index (χ1) is 8.90. The van der Waals surface area contributed by atoms with Crippen molar-refractivity contribution in [2.45, 2.75) is 44.0 Å².